The second-order valence-electron chi connectivity index (χ2n) is 3.29. The number of urea groups is 1. The standard InChI is InChI=1S/C9H15N3O6/c1-18-7(14)2-3-11-9(17)12-5(8(15)16)4-6(10)13/h5H,2-4H2,1H3,(H2,10,13)(H,15,16)(H2,11,12,17). The van der Waals surface area contributed by atoms with Crippen molar-refractivity contribution in [2.24, 2.45) is 5.73 Å². The number of nitrogens with one attached hydrogen (secondary N) is 2. The molecule has 0 aliphatic heterocycles. The SMILES string of the molecule is COC(=O)CCNC(=O)NC(CC(N)=O)C(=O)O. The summed E-state index contributed by atoms with van der Waals surface area (Å²) in [5.74, 6) is -2.74. The van der Waals surface area contributed by atoms with E-state index < -0.39 is 36.3 Å². The normalized spacial score (nSPS) is 11.2. The van der Waals surface area contributed by atoms with Gasteiger partial charge in [-0.25, -0.2) is 9.59 Å². The van der Waals surface area contributed by atoms with E-state index in [-0.39, 0.29) is 13.0 Å². The molecule has 0 aromatic carbocycles. The lowest BCUT2D eigenvalue weighted by Crippen LogP contribution is -2.48. The monoisotopic (exact) mass is 261 g/mol. The number of ether oxygens (including phenoxy) is 1. The molecule has 5 N–H and O–H groups in total. The smallest absolute Gasteiger partial charge is 0.326 e. The van der Waals surface area contributed by atoms with Crippen LogP contribution in [0, 0.1) is 0 Å². The van der Waals surface area contributed by atoms with Crippen LogP contribution in [0.3, 0.4) is 0 Å². The van der Waals surface area contributed by atoms with Crippen molar-refractivity contribution in [3.63, 3.8) is 0 Å². The molecule has 0 saturated carbocycles. The Labute approximate surface area is 103 Å². The van der Waals surface area contributed by atoms with E-state index >= 15 is 0 Å². The highest BCUT2D eigenvalue weighted by Gasteiger charge is 2.21. The molecule has 0 spiro atoms. The van der Waals surface area contributed by atoms with Gasteiger partial charge < -0.3 is 26.2 Å². The quantitative estimate of drug-likeness (QED) is 0.396. The minimum absolute atomic E-state index is 0.0125. The molecule has 9 heteroatoms. The summed E-state index contributed by atoms with van der Waals surface area (Å²) in [6.07, 6.45) is -0.558. The van der Waals surface area contributed by atoms with Crippen LogP contribution in [0.4, 0.5) is 4.79 Å². The third-order valence-electron chi connectivity index (χ3n) is 1.85. The summed E-state index contributed by atoms with van der Waals surface area (Å²) in [5.41, 5.74) is 4.83. The Morgan fingerprint density at radius 3 is 2.39 bits per heavy atom. The maximum atomic E-state index is 11.2. The predicted molar refractivity (Wildman–Crippen MR) is 58.4 cm³/mol. The first-order chi connectivity index (χ1) is 8.36. The van der Waals surface area contributed by atoms with Crippen molar-refractivity contribution in [1.82, 2.24) is 10.6 Å². The number of methoxy groups -OCH3 is 1. The summed E-state index contributed by atoms with van der Waals surface area (Å²) in [6.45, 7) is -0.0125. The van der Waals surface area contributed by atoms with Gasteiger partial charge in [0.15, 0.2) is 0 Å². The van der Waals surface area contributed by atoms with E-state index in [1.54, 1.807) is 0 Å². The van der Waals surface area contributed by atoms with E-state index in [0.29, 0.717) is 0 Å². The number of hydrogen-bond donors (Lipinski definition) is 4. The zero-order valence-electron chi connectivity index (χ0n) is 9.76. The number of hydrogen-bond acceptors (Lipinski definition) is 5. The fourth-order valence-corrected chi connectivity index (χ4v) is 0.991. The van der Waals surface area contributed by atoms with Crippen molar-refractivity contribution in [2.45, 2.75) is 18.9 Å². The lowest BCUT2D eigenvalue weighted by atomic mass is 10.2. The Hall–Kier alpha value is -2.32. The van der Waals surface area contributed by atoms with Gasteiger partial charge in [0, 0.05) is 6.54 Å². The molecular formula is C9H15N3O6. The number of amides is 3. The van der Waals surface area contributed by atoms with Crippen LogP contribution in [-0.2, 0) is 19.1 Å². The molecular weight excluding hydrogens is 246 g/mol. The molecule has 3 amide bonds. The molecule has 9 nitrogen and oxygen atoms in total. The lowest BCUT2D eigenvalue weighted by Gasteiger charge is -2.13. The maximum Gasteiger partial charge on any atom is 0.326 e. The first kappa shape index (κ1) is 15.7. The van der Waals surface area contributed by atoms with E-state index in [0.717, 1.165) is 0 Å². The Bertz CT molecular complexity index is 343. The van der Waals surface area contributed by atoms with Gasteiger partial charge in [-0.3, -0.25) is 9.59 Å². The van der Waals surface area contributed by atoms with E-state index in [4.69, 9.17) is 10.8 Å². The van der Waals surface area contributed by atoms with Crippen LogP contribution < -0.4 is 16.4 Å². The largest absolute Gasteiger partial charge is 0.480 e. The van der Waals surface area contributed by atoms with Gasteiger partial charge >= 0.3 is 18.0 Å². The van der Waals surface area contributed by atoms with Crippen LogP contribution >= 0.6 is 0 Å². The molecule has 0 rings (SSSR count). The molecule has 1 unspecified atom stereocenters. The van der Waals surface area contributed by atoms with Crippen molar-refractivity contribution in [2.75, 3.05) is 13.7 Å². The third-order valence-corrected chi connectivity index (χ3v) is 1.85. The molecule has 1 atom stereocenters. The number of primary amides is 1. The number of rotatable bonds is 7. The second-order valence-corrected chi connectivity index (χ2v) is 3.29. The number of carboxylic acids is 1. The van der Waals surface area contributed by atoms with Gasteiger partial charge in [0.25, 0.3) is 0 Å². The fourth-order valence-electron chi connectivity index (χ4n) is 0.991. The van der Waals surface area contributed by atoms with Gasteiger partial charge in [-0.15, -0.1) is 0 Å². The van der Waals surface area contributed by atoms with Crippen molar-refractivity contribution in [1.29, 1.82) is 0 Å². The van der Waals surface area contributed by atoms with Gasteiger partial charge in [-0.1, -0.05) is 0 Å². The summed E-state index contributed by atoms with van der Waals surface area (Å²) < 4.78 is 4.34. The lowest BCUT2D eigenvalue weighted by molar-refractivity contribution is -0.141. The molecule has 0 aromatic heterocycles. The molecule has 102 valence electrons. The fraction of sp³-hybridized carbons (Fsp3) is 0.556. The second kappa shape index (κ2) is 7.87. The van der Waals surface area contributed by atoms with Crippen LogP contribution in [-0.4, -0.2) is 48.7 Å². The van der Waals surface area contributed by atoms with Crippen LogP contribution in [0.25, 0.3) is 0 Å². The highest BCUT2D eigenvalue weighted by atomic mass is 16.5. The average Bonchev–Trinajstić information content (AvgIpc) is 2.27. The Balaban J connectivity index is 4.06. The number of esters is 1. The maximum absolute atomic E-state index is 11.2. The first-order valence-electron chi connectivity index (χ1n) is 4.99. The summed E-state index contributed by atoms with van der Waals surface area (Å²) in [6, 6.07) is -2.21. The number of carbonyl (C=O) groups excluding carboxylic acids is 3. The zero-order chi connectivity index (χ0) is 14.1. The van der Waals surface area contributed by atoms with Crippen LogP contribution in [0.5, 0.6) is 0 Å². The zero-order valence-corrected chi connectivity index (χ0v) is 9.76. The van der Waals surface area contributed by atoms with Crippen LogP contribution in [0.1, 0.15) is 12.8 Å². The van der Waals surface area contributed by atoms with Gasteiger partial charge in [-0.2, -0.15) is 0 Å². The number of carbonyl (C=O) groups is 4. The molecule has 0 saturated heterocycles. The topological polar surface area (TPSA) is 148 Å². The Kier molecular flexibility index (Phi) is 6.86. The first-order valence-corrected chi connectivity index (χ1v) is 4.99. The van der Waals surface area contributed by atoms with E-state index in [1.807, 2.05) is 5.32 Å². The average molecular weight is 261 g/mol. The van der Waals surface area contributed by atoms with Gasteiger partial charge in [0.1, 0.15) is 6.04 Å². The van der Waals surface area contributed by atoms with Gasteiger partial charge in [0.2, 0.25) is 5.91 Å². The molecule has 0 heterocycles. The number of carboxylic acid groups (broad SMARTS) is 1. The van der Waals surface area contributed by atoms with Crippen LogP contribution in [0.2, 0.25) is 0 Å². The predicted octanol–water partition coefficient (Wildman–Crippen LogP) is -1.82. The summed E-state index contributed by atoms with van der Waals surface area (Å²) in [4.78, 5) is 43.2. The molecule has 0 aromatic rings. The van der Waals surface area contributed by atoms with E-state index in [1.165, 1.54) is 7.11 Å². The molecule has 0 fully saturated rings. The van der Waals surface area contributed by atoms with Gasteiger partial charge in [-0.05, 0) is 0 Å². The summed E-state index contributed by atoms with van der Waals surface area (Å²) in [7, 11) is 1.20. The number of aliphatic carboxylic acids is 1. The van der Waals surface area contributed by atoms with Gasteiger partial charge in [0.05, 0.1) is 20.0 Å². The molecule has 0 bridgehead atoms. The summed E-state index contributed by atoms with van der Waals surface area (Å²) >= 11 is 0. The number of nitrogens with two attached hydrogens (primary N) is 1. The van der Waals surface area contributed by atoms with Crippen molar-refractivity contribution < 1.29 is 29.0 Å². The van der Waals surface area contributed by atoms with Crippen molar-refractivity contribution in [3.05, 3.63) is 0 Å². The molecule has 0 radical (unpaired) electrons. The highest BCUT2D eigenvalue weighted by Crippen LogP contribution is 1.91. The minimum Gasteiger partial charge on any atom is -0.480 e. The third kappa shape index (κ3) is 7.04. The van der Waals surface area contributed by atoms with Crippen molar-refractivity contribution >= 4 is 23.9 Å². The van der Waals surface area contributed by atoms with E-state index in [9.17, 15) is 19.2 Å². The minimum atomic E-state index is -1.40. The molecule has 18 heavy (non-hydrogen) atoms. The Morgan fingerprint density at radius 2 is 1.94 bits per heavy atom. The highest BCUT2D eigenvalue weighted by molar-refractivity contribution is 5.87. The Morgan fingerprint density at radius 1 is 1.33 bits per heavy atom. The van der Waals surface area contributed by atoms with Crippen molar-refractivity contribution in [3.8, 4) is 0 Å². The molecule has 0 aliphatic rings. The van der Waals surface area contributed by atoms with E-state index in [2.05, 4.69) is 10.1 Å². The van der Waals surface area contributed by atoms with Crippen LogP contribution in [0.15, 0.2) is 0 Å². The molecule has 0 aliphatic carbocycles. The summed E-state index contributed by atoms with van der Waals surface area (Å²) in [5, 5.41) is 13.0.